The number of rotatable bonds is 6. The Morgan fingerprint density at radius 3 is 2.32 bits per heavy atom. The van der Waals surface area contributed by atoms with E-state index >= 15 is 0 Å². The minimum atomic E-state index is -3.74. The third-order valence-corrected chi connectivity index (χ3v) is 6.02. The van der Waals surface area contributed by atoms with Crippen LogP contribution in [0.15, 0.2) is 88.2 Å². The van der Waals surface area contributed by atoms with Crippen molar-refractivity contribution in [2.45, 2.75) is 11.4 Å². The predicted octanol–water partition coefficient (Wildman–Crippen LogP) is 4.52. The summed E-state index contributed by atoms with van der Waals surface area (Å²) in [6, 6.07) is 22.5. The summed E-state index contributed by atoms with van der Waals surface area (Å²) in [5.41, 5.74) is 1.77. The van der Waals surface area contributed by atoms with Crippen LogP contribution in [0.4, 0.5) is 5.69 Å². The van der Waals surface area contributed by atoms with Gasteiger partial charge in [-0.05, 0) is 48.0 Å². The molecule has 7 heteroatoms. The lowest BCUT2D eigenvalue weighted by atomic mass is 10.1. The molecule has 0 aliphatic rings. The van der Waals surface area contributed by atoms with Crippen molar-refractivity contribution in [3.63, 3.8) is 0 Å². The van der Waals surface area contributed by atoms with Crippen molar-refractivity contribution in [2.75, 3.05) is 11.8 Å². The monoisotopic (exact) mass is 458 g/mol. The van der Waals surface area contributed by atoms with Crippen LogP contribution >= 0.6 is 15.9 Å². The van der Waals surface area contributed by atoms with E-state index in [1.54, 1.807) is 48.3 Å². The Kier molecular flexibility index (Phi) is 6.16. The van der Waals surface area contributed by atoms with Gasteiger partial charge >= 0.3 is 0 Å². The van der Waals surface area contributed by atoms with Gasteiger partial charge in [-0.2, -0.15) is 0 Å². The Morgan fingerprint density at radius 1 is 0.964 bits per heavy atom. The van der Waals surface area contributed by atoms with Gasteiger partial charge in [0.05, 0.1) is 4.90 Å². The van der Waals surface area contributed by atoms with Gasteiger partial charge in [0.2, 0.25) is 0 Å². The smallest absolute Gasteiger partial charge is 0.261 e. The zero-order chi connectivity index (χ0) is 20.1. The molecule has 0 aromatic heterocycles. The predicted molar refractivity (Wildman–Crippen MR) is 114 cm³/mol. The Hall–Kier alpha value is -2.64. The second kappa shape index (κ2) is 8.58. The molecule has 0 saturated heterocycles. The molecule has 3 aromatic rings. The van der Waals surface area contributed by atoms with Crippen LogP contribution < -0.4 is 4.72 Å². The molecular weight excluding hydrogens is 440 g/mol. The number of benzene rings is 3. The molecule has 0 spiro atoms. The number of nitrogens with zero attached hydrogens (tertiary/aromatic N) is 1. The van der Waals surface area contributed by atoms with Crippen LogP contribution in [-0.4, -0.2) is 26.3 Å². The third kappa shape index (κ3) is 4.99. The molecule has 144 valence electrons. The van der Waals surface area contributed by atoms with Crippen LogP contribution in [0.5, 0.6) is 0 Å². The van der Waals surface area contributed by atoms with Gasteiger partial charge in [-0.15, -0.1) is 0 Å². The average molecular weight is 459 g/mol. The maximum atomic E-state index is 12.7. The molecule has 28 heavy (non-hydrogen) atoms. The summed E-state index contributed by atoms with van der Waals surface area (Å²) in [6.07, 6.45) is 0. The van der Waals surface area contributed by atoms with Crippen molar-refractivity contribution >= 4 is 37.5 Å². The molecule has 0 atom stereocenters. The van der Waals surface area contributed by atoms with E-state index in [0.717, 1.165) is 10.0 Å². The van der Waals surface area contributed by atoms with Crippen LogP contribution in [0.25, 0.3) is 0 Å². The largest absolute Gasteiger partial charge is 0.337 e. The summed E-state index contributed by atoms with van der Waals surface area (Å²) in [5.74, 6) is -0.187. The summed E-state index contributed by atoms with van der Waals surface area (Å²) in [4.78, 5) is 14.5. The molecule has 0 heterocycles. The molecule has 3 rings (SSSR count). The highest BCUT2D eigenvalue weighted by atomic mass is 79.9. The minimum absolute atomic E-state index is 0.147. The van der Waals surface area contributed by atoms with Gasteiger partial charge in [0.1, 0.15) is 0 Å². The fourth-order valence-electron chi connectivity index (χ4n) is 2.69. The highest BCUT2D eigenvalue weighted by Crippen LogP contribution is 2.20. The van der Waals surface area contributed by atoms with Gasteiger partial charge in [-0.1, -0.05) is 52.3 Å². The maximum Gasteiger partial charge on any atom is 0.261 e. The number of sulfonamides is 1. The molecule has 0 saturated carbocycles. The third-order valence-electron chi connectivity index (χ3n) is 4.09. The first-order valence-corrected chi connectivity index (χ1v) is 10.8. The lowest BCUT2D eigenvalue weighted by molar-refractivity contribution is 0.0785. The Bertz CT molecular complexity index is 1070. The fraction of sp³-hybridized carbons (Fsp3) is 0.0952. The first kappa shape index (κ1) is 20.1. The average Bonchev–Trinajstić information content (AvgIpc) is 2.68. The first-order chi connectivity index (χ1) is 13.3. The van der Waals surface area contributed by atoms with Crippen LogP contribution in [0.1, 0.15) is 15.9 Å². The topological polar surface area (TPSA) is 66.5 Å². The molecule has 3 aromatic carbocycles. The standard InChI is InChI=1S/C21H19BrN2O3S/c1-24(15-16-6-3-2-4-7-16)21(25)17-8-5-9-19(14-17)23-28(26,27)20-12-10-18(22)11-13-20/h2-14,23H,15H2,1H3. The molecular formula is C21H19BrN2O3S. The second-order valence-electron chi connectivity index (χ2n) is 6.29. The number of nitrogens with one attached hydrogen (secondary N) is 1. The van der Waals surface area contributed by atoms with Crippen molar-refractivity contribution in [1.82, 2.24) is 4.90 Å². The summed E-state index contributed by atoms with van der Waals surface area (Å²) >= 11 is 3.28. The van der Waals surface area contributed by atoms with Crippen molar-refractivity contribution < 1.29 is 13.2 Å². The van der Waals surface area contributed by atoms with Gasteiger partial charge in [0.25, 0.3) is 15.9 Å². The molecule has 0 aliphatic heterocycles. The molecule has 0 bridgehead atoms. The van der Waals surface area contributed by atoms with E-state index < -0.39 is 10.0 Å². The van der Waals surface area contributed by atoms with Crippen LogP contribution in [0.2, 0.25) is 0 Å². The van der Waals surface area contributed by atoms with Gasteiger partial charge in [-0.3, -0.25) is 9.52 Å². The number of carbonyl (C=O) groups is 1. The lowest BCUT2D eigenvalue weighted by Gasteiger charge is -2.18. The minimum Gasteiger partial charge on any atom is -0.337 e. The normalized spacial score (nSPS) is 11.1. The highest BCUT2D eigenvalue weighted by Gasteiger charge is 2.16. The fourth-order valence-corrected chi connectivity index (χ4v) is 4.01. The molecule has 1 amide bonds. The van der Waals surface area contributed by atoms with Gasteiger partial charge in [-0.25, -0.2) is 8.42 Å². The van der Waals surface area contributed by atoms with Gasteiger partial charge in [0, 0.05) is 29.3 Å². The number of halogens is 1. The van der Waals surface area contributed by atoms with Crippen LogP contribution in [0, 0.1) is 0 Å². The summed E-state index contributed by atoms with van der Waals surface area (Å²) < 4.78 is 28.4. The molecule has 0 aliphatic carbocycles. The Morgan fingerprint density at radius 2 is 1.64 bits per heavy atom. The lowest BCUT2D eigenvalue weighted by Crippen LogP contribution is -2.26. The zero-order valence-electron chi connectivity index (χ0n) is 15.2. The van der Waals surface area contributed by atoms with E-state index in [0.29, 0.717) is 17.8 Å². The van der Waals surface area contributed by atoms with Gasteiger partial charge < -0.3 is 4.90 Å². The maximum absolute atomic E-state index is 12.7. The zero-order valence-corrected chi connectivity index (χ0v) is 17.6. The first-order valence-electron chi connectivity index (χ1n) is 8.53. The van der Waals surface area contributed by atoms with Crippen molar-refractivity contribution in [2.24, 2.45) is 0 Å². The molecule has 0 unspecified atom stereocenters. The highest BCUT2D eigenvalue weighted by molar-refractivity contribution is 9.10. The van der Waals surface area contributed by atoms with E-state index in [4.69, 9.17) is 0 Å². The molecule has 5 nitrogen and oxygen atoms in total. The van der Waals surface area contributed by atoms with Crippen molar-refractivity contribution in [1.29, 1.82) is 0 Å². The SMILES string of the molecule is CN(Cc1ccccc1)C(=O)c1cccc(NS(=O)(=O)c2ccc(Br)cc2)c1. The van der Waals surface area contributed by atoms with Gasteiger partial charge in [0.15, 0.2) is 0 Å². The number of amides is 1. The van der Waals surface area contributed by atoms with E-state index in [2.05, 4.69) is 20.7 Å². The van der Waals surface area contributed by atoms with E-state index in [1.807, 2.05) is 30.3 Å². The Balaban J connectivity index is 1.76. The van der Waals surface area contributed by atoms with Crippen LogP contribution in [0.3, 0.4) is 0 Å². The summed E-state index contributed by atoms with van der Waals surface area (Å²) in [7, 11) is -2.02. The van der Waals surface area contributed by atoms with Crippen molar-refractivity contribution in [3.05, 3.63) is 94.5 Å². The molecule has 1 N–H and O–H groups in total. The number of hydrogen-bond donors (Lipinski definition) is 1. The molecule has 0 radical (unpaired) electrons. The second-order valence-corrected chi connectivity index (χ2v) is 8.89. The number of carbonyl (C=O) groups excluding carboxylic acids is 1. The van der Waals surface area contributed by atoms with E-state index in [9.17, 15) is 13.2 Å². The number of anilines is 1. The van der Waals surface area contributed by atoms with Crippen molar-refractivity contribution in [3.8, 4) is 0 Å². The van der Waals surface area contributed by atoms with E-state index in [1.165, 1.54) is 12.1 Å². The number of hydrogen-bond acceptors (Lipinski definition) is 3. The van der Waals surface area contributed by atoms with E-state index in [-0.39, 0.29) is 10.8 Å². The quantitative estimate of drug-likeness (QED) is 0.590. The summed E-state index contributed by atoms with van der Waals surface area (Å²) in [5, 5.41) is 0. The summed E-state index contributed by atoms with van der Waals surface area (Å²) in [6.45, 7) is 0.467. The molecule has 0 fully saturated rings. The Labute approximate surface area is 173 Å². The van der Waals surface area contributed by atoms with Crippen LogP contribution in [-0.2, 0) is 16.6 Å².